The molecule has 1 saturated carbocycles. The van der Waals surface area contributed by atoms with Crippen molar-refractivity contribution in [3.63, 3.8) is 0 Å². The Bertz CT molecular complexity index is 618. The summed E-state index contributed by atoms with van der Waals surface area (Å²) in [5.41, 5.74) is 0. The summed E-state index contributed by atoms with van der Waals surface area (Å²) < 4.78 is 4.67. The van der Waals surface area contributed by atoms with E-state index in [1.54, 1.807) is 11.8 Å². The Balaban J connectivity index is 2.70. The van der Waals surface area contributed by atoms with Crippen LogP contribution in [0.3, 0.4) is 0 Å². The van der Waals surface area contributed by atoms with Crippen LogP contribution < -0.4 is 0 Å². The summed E-state index contributed by atoms with van der Waals surface area (Å²) in [6.45, 7) is 4.31. The fraction of sp³-hybridized carbons (Fsp3) is 0.786. The molecule has 1 aliphatic carbocycles. The van der Waals surface area contributed by atoms with Gasteiger partial charge >= 0.3 is 5.97 Å². The fourth-order valence-electron chi connectivity index (χ4n) is 4.41. The van der Waals surface area contributed by atoms with Crippen LogP contribution in [0.2, 0.25) is 0 Å². The Morgan fingerprint density at radius 3 is 2.47 bits per heavy atom. The number of hydrogen-bond acceptors (Lipinski definition) is 6. The molecular weight excluding hydrogens is 448 g/mol. The summed E-state index contributed by atoms with van der Waals surface area (Å²) >= 11 is 1.71. The van der Waals surface area contributed by atoms with E-state index < -0.39 is 6.10 Å². The number of Topliss-reactive ketones (excluding diaryl/α,β-unsaturated/α-hetero) is 1. The highest BCUT2D eigenvalue weighted by Crippen LogP contribution is 2.40. The number of methoxy groups -OCH3 is 1. The van der Waals surface area contributed by atoms with Crippen LogP contribution in [0.1, 0.15) is 97.3 Å². The van der Waals surface area contributed by atoms with E-state index in [0.29, 0.717) is 25.0 Å². The first kappa shape index (κ1) is 30.9. The molecule has 0 aromatic heterocycles. The maximum atomic E-state index is 12.9. The predicted molar refractivity (Wildman–Crippen MR) is 142 cm³/mol. The number of aliphatic hydroxyl groups is 2. The van der Waals surface area contributed by atoms with Gasteiger partial charge in [-0.1, -0.05) is 76.7 Å². The van der Waals surface area contributed by atoms with Gasteiger partial charge in [-0.3, -0.25) is 9.59 Å². The quantitative estimate of drug-likeness (QED) is 0.129. The van der Waals surface area contributed by atoms with Crippen LogP contribution in [-0.4, -0.2) is 52.3 Å². The zero-order chi connectivity index (χ0) is 25.2. The van der Waals surface area contributed by atoms with E-state index in [1.807, 2.05) is 6.08 Å². The Kier molecular flexibility index (Phi) is 17.4. The third-order valence-electron chi connectivity index (χ3n) is 6.55. The number of esters is 1. The number of thioether (sulfide) groups is 1. The number of allylic oxidation sites excluding steroid dienone is 3. The van der Waals surface area contributed by atoms with Crippen LogP contribution in [0.4, 0.5) is 0 Å². The standard InChI is InChI=1S/C28H48O5S/c1-4-6-10-14-22(29)18-19-25-24(16-12-8-9-13-17-28(32)33-3)26(31)20-27(25)34-21-23(30)15-11-7-5-2/h8,12,18-19,22-25,27,29-30H,4-7,9-11,13-17,20-21H2,1-3H3/b12-8-,19-18+/t22-,23?,24-,25-,27?/m1/s1. The van der Waals surface area contributed by atoms with Gasteiger partial charge in [0, 0.05) is 29.8 Å². The lowest BCUT2D eigenvalue weighted by atomic mass is 9.91. The van der Waals surface area contributed by atoms with E-state index in [1.165, 1.54) is 7.11 Å². The number of ether oxygens (including phenoxy) is 1. The van der Waals surface area contributed by atoms with Crippen LogP contribution in [0, 0.1) is 11.8 Å². The number of aliphatic hydroxyl groups excluding tert-OH is 2. The lowest BCUT2D eigenvalue weighted by Crippen LogP contribution is -2.20. The molecule has 0 bridgehead atoms. The molecule has 5 nitrogen and oxygen atoms in total. The first-order valence-electron chi connectivity index (χ1n) is 13.3. The first-order chi connectivity index (χ1) is 16.4. The summed E-state index contributed by atoms with van der Waals surface area (Å²) in [7, 11) is 1.40. The van der Waals surface area contributed by atoms with E-state index in [9.17, 15) is 19.8 Å². The minimum atomic E-state index is -0.470. The van der Waals surface area contributed by atoms with Crippen LogP contribution in [0.25, 0.3) is 0 Å². The van der Waals surface area contributed by atoms with Crippen molar-refractivity contribution in [3.05, 3.63) is 24.3 Å². The highest BCUT2D eigenvalue weighted by Gasteiger charge is 2.40. The lowest BCUT2D eigenvalue weighted by molar-refractivity contribution is -0.140. The number of carbonyl (C=O) groups is 2. The van der Waals surface area contributed by atoms with Crippen LogP contribution in [0.15, 0.2) is 24.3 Å². The van der Waals surface area contributed by atoms with E-state index in [4.69, 9.17) is 0 Å². The normalized spacial score (nSPS) is 22.6. The first-order valence-corrected chi connectivity index (χ1v) is 14.4. The van der Waals surface area contributed by atoms with Gasteiger partial charge in [0.25, 0.3) is 0 Å². The molecule has 5 atom stereocenters. The molecule has 2 N–H and O–H groups in total. The van der Waals surface area contributed by atoms with Gasteiger partial charge in [0.2, 0.25) is 0 Å². The molecular formula is C28H48O5S. The number of hydrogen-bond donors (Lipinski definition) is 2. The molecule has 196 valence electrons. The highest BCUT2D eigenvalue weighted by molar-refractivity contribution is 8.00. The van der Waals surface area contributed by atoms with E-state index in [0.717, 1.165) is 64.2 Å². The Morgan fingerprint density at radius 2 is 1.79 bits per heavy atom. The topological polar surface area (TPSA) is 83.8 Å². The van der Waals surface area contributed by atoms with Gasteiger partial charge < -0.3 is 14.9 Å². The molecule has 1 fully saturated rings. The second-order valence-electron chi connectivity index (χ2n) is 9.50. The van der Waals surface area contributed by atoms with Crippen molar-refractivity contribution in [3.8, 4) is 0 Å². The summed E-state index contributed by atoms with van der Waals surface area (Å²) in [6.07, 6.45) is 18.5. The maximum Gasteiger partial charge on any atom is 0.305 e. The van der Waals surface area contributed by atoms with Crippen molar-refractivity contribution in [1.29, 1.82) is 0 Å². The maximum absolute atomic E-state index is 12.9. The van der Waals surface area contributed by atoms with Crippen molar-refractivity contribution >= 4 is 23.5 Å². The zero-order valence-electron chi connectivity index (χ0n) is 21.6. The van der Waals surface area contributed by atoms with E-state index in [-0.39, 0.29) is 34.9 Å². The smallest absolute Gasteiger partial charge is 0.305 e. The molecule has 1 rings (SSSR count). The number of carbonyl (C=O) groups excluding carboxylic acids is 2. The molecule has 0 aromatic carbocycles. The monoisotopic (exact) mass is 496 g/mol. The minimum absolute atomic E-state index is 0.0703. The van der Waals surface area contributed by atoms with Crippen LogP contribution in [-0.2, 0) is 14.3 Å². The molecule has 0 radical (unpaired) electrons. The molecule has 0 spiro atoms. The van der Waals surface area contributed by atoms with Gasteiger partial charge in [0.1, 0.15) is 5.78 Å². The average Bonchev–Trinajstić information content (AvgIpc) is 3.12. The second-order valence-corrected chi connectivity index (χ2v) is 10.8. The number of rotatable bonds is 19. The minimum Gasteiger partial charge on any atom is -0.469 e. The summed E-state index contributed by atoms with van der Waals surface area (Å²) in [5, 5.41) is 20.9. The summed E-state index contributed by atoms with van der Waals surface area (Å²) in [4.78, 5) is 24.1. The fourth-order valence-corrected chi connectivity index (χ4v) is 5.83. The largest absolute Gasteiger partial charge is 0.469 e. The van der Waals surface area contributed by atoms with Crippen molar-refractivity contribution < 1.29 is 24.5 Å². The molecule has 34 heavy (non-hydrogen) atoms. The third-order valence-corrected chi connectivity index (χ3v) is 8.03. The van der Waals surface area contributed by atoms with Gasteiger partial charge in [-0.15, -0.1) is 0 Å². The molecule has 0 aromatic rings. The SMILES string of the molecule is CCCCCC(O)CSC1CC(=O)[C@H](C/C=C\CCCC(=O)OC)[C@H]1/C=C/[C@H](O)CCCCC. The van der Waals surface area contributed by atoms with Gasteiger partial charge in [0.15, 0.2) is 0 Å². The van der Waals surface area contributed by atoms with Crippen LogP contribution in [0.5, 0.6) is 0 Å². The lowest BCUT2D eigenvalue weighted by Gasteiger charge is -2.21. The second kappa shape index (κ2) is 19.1. The molecule has 0 aliphatic heterocycles. The van der Waals surface area contributed by atoms with E-state index in [2.05, 4.69) is 36.8 Å². The molecule has 0 heterocycles. The molecule has 6 heteroatoms. The van der Waals surface area contributed by atoms with Gasteiger partial charge in [-0.2, -0.15) is 11.8 Å². The Morgan fingerprint density at radius 1 is 1.09 bits per heavy atom. The van der Waals surface area contributed by atoms with Crippen LogP contribution >= 0.6 is 11.8 Å². The van der Waals surface area contributed by atoms with Crippen molar-refractivity contribution in [2.75, 3.05) is 12.9 Å². The molecule has 1 aliphatic rings. The summed E-state index contributed by atoms with van der Waals surface area (Å²) in [6, 6.07) is 0. The number of unbranched alkanes of at least 4 members (excludes halogenated alkanes) is 5. The predicted octanol–water partition coefficient (Wildman–Crippen LogP) is 6.02. The number of ketones is 1. The summed E-state index contributed by atoms with van der Waals surface area (Å²) in [5.74, 6) is 0.707. The van der Waals surface area contributed by atoms with Crippen molar-refractivity contribution in [1.82, 2.24) is 0 Å². The Labute approximate surface area is 211 Å². The molecule has 0 amide bonds. The van der Waals surface area contributed by atoms with Gasteiger partial charge in [-0.25, -0.2) is 0 Å². The molecule has 2 unspecified atom stereocenters. The van der Waals surface area contributed by atoms with Crippen molar-refractivity contribution in [2.45, 2.75) is 115 Å². The average molecular weight is 497 g/mol. The third kappa shape index (κ3) is 13.1. The van der Waals surface area contributed by atoms with Gasteiger partial charge in [-0.05, 0) is 38.0 Å². The Hall–Kier alpha value is -1.11. The molecule has 0 saturated heterocycles. The van der Waals surface area contributed by atoms with E-state index >= 15 is 0 Å². The highest BCUT2D eigenvalue weighted by atomic mass is 32.2. The van der Waals surface area contributed by atoms with Gasteiger partial charge in [0.05, 0.1) is 19.3 Å². The van der Waals surface area contributed by atoms with Crippen molar-refractivity contribution in [2.24, 2.45) is 11.8 Å². The zero-order valence-corrected chi connectivity index (χ0v) is 22.4.